The highest BCUT2D eigenvalue weighted by atomic mass is 35.5. The molecule has 1 aromatic carbocycles. The molecular formula is C25H33ClN4O2. The molecule has 1 N–H and O–H groups in total. The number of amides is 2. The predicted molar refractivity (Wildman–Crippen MR) is 126 cm³/mol. The molecule has 6 nitrogen and oxygen atoms in total. The van der Waals surface area contributed by atoms with Gasteiger partial charge in [-0.1, -0.05) is 63.8 Å². The zero-order valence-electron chi connectivity index (χ0n) is 19.4. The van der Waals surface area contributed by atoms with Gasteiger partial charge < -0.3 is 10.2 Å². The molecule has 172 valence electrons. The molecule has 1 aliphatic heterocycles. The monoisotopic (exact) mass is 456 g/mol. The standard InChI is InChI=1S/C25H33ClN4O2/c1-24(2,3)21-14-20-22(31)29(15-17-10-12-18(26)13-11-17)25(4,16-30(20)28-21)23(32)27-19-8-6-5-7-9-19/h10-14,19H,5-9,15-16H2,1-4H3,(H,27,32). The fourth-order valence-corrected chi connectivity index (χ4v) is 4.74. The molecule has 7 heteroatoms. The number of hydrogen-bond donors (Lipinski definition) is 1. The molecule has 32 heavy (non-hydrogen) atoms. The van der Waals surface area contributed by atoms with Crippen molar-refractivity contribution in [1.29, 1.82) is 0 Å². The lowest BCUT2D eigenvalue weighted by Crippen LogP contribution is -2.64. The van der Waals surface area contributed by atoms with Gasteiger partial charge in [0.1, 0.15) is 11.2 Å². The first-order chi connectivity index (χ1) is 15.1. The van der Waals surface area contributed by atoms with Crippen LogP contribution >= 0.6 is 11.6 Å². The average molecular weight is 457 g/mol. The molecule has 0 bridgehead atoms. The molecule has 2 aliphatic rings. The molecular weight excluding hydrogens is 424 g/mol. The summed E-state index contributed by atoms with van der Waals surface area (Å²) in [7, 11) is 0. The van der Waals surface area contributed by atoms with Gasteiger partial charge in [-0.25, -0.2) is 0 Å². The Labute approximate surface area is 195 Å². The maximum Gasteiger partial charge on any atom is 0.273 e. The van der Waals surface area contributed by atoms with Crippen molar-refractivity contribution in [2.75, 3.05) is 0 Å². The fraction of sp³-hybridized carbons (Fsp3) is 0.560. The Bertz CT molecular complexity index is 1000. The summed E-state index contributed by atoms with van der Waals surface area (Å²) < 4.78 is 1.72. The number of nitrogens with one attached hydrogen (secondary N) is 1. The second kappa shape index (κ2) is 8.54. The third kappa shape index (κ3) is 4.42. The molecule has 1 unspecified atom stereocenters. The van der Waals surface area contributed by atoms with Gasteiger partial charge in [0.2, 0.25) is 5.91 Å². The Morgan fingerprint density at radius 2 is 1.84 bits per heavy atom. The Hall–Kier alpha value is -2.34. The van der Waals surface area contributed by atoms with Crippen molar-refractivity contribution in [2.45, 2.75) is 89.9 Å². The topological polar surface area (TPSA) is 67.2 Å². The van der Waals surface area contributed by atoms with Crippen LogP contribution in [0.1, 0.15) is 81.5 Å². The van der Waals surface area contributed by atoms with Crippen molar-refractivity contribution in [1.82, 2.24) is 20.0 Å². The van der Waals surface area contributed by atoms with Crippen molar-refractivity contribution >= 4 is 23.4 Å². The summed E-state index contributed by atoms with van der Waals surface area (Å²) in [5.74, 6) is -0.277. The molecule has 2 heterocycles. The van der Waals surface area contributed by atoms with E-state index in [4.69, 9.17) is 16.7 Å². The summed E-state index contributed by atoms with van der Waals surface area (Å²) in [5, 5.41) is 8.61. The molecule has 0 radical (unpaired) electrons. The lowest BCUT2D eigenvalue weighted by Gasteiger charge is -2.44. The third-order valence-electron chi connectivity index (χ3n) is 6.75. The van der Waals surface area contributed by atoms with Crippen LogP contribution in [0.5, 0.6) is 0 Å². The Balaban J connectivity index is 1.70. The van der Waals surface area contributed by atoms with Gasteiger partial charge in [-0.15, -0.1) is 0 Å². The van der Waals surface area contributed by atoms with Gasteiger partial charge >= 0.3 is 0 Å². The van der Waals surface area contributed by atoms with Gasteiger partial charge in [0, 0.05) is 23.0 Å². The van der Waals surface area contributed by atoms with Crippen LogP contribution in [0.3, 0.4) is 0 Å². The van der Waals surface area contributed by atoms with Crippen molar-refractivity contribution < 1.29 is 9.59 Å². The van der Waals surface area contributed by atoms with Crippen molar-refractivity contribution in [3.8, 4) is 0 Å². The van der Waals surface area contributed by atoms with E-state index >= 15 is 0 Å². The predicted octanol–water partition coefficient (Wildman–Crippen LogP) is 4.70. The number of rotatable bonds is 4. The largest absolute Gasteiger partial charge is 0.351 e. The summed E-state index contributed by atoms with van der Waals surface area (Å²) in [5.41, 5.74) is 1.09. The molecule has 1 fully saturated rings. The van der Waals surface area contributed by atoms with Crippen LogP contribution in [-0.4, -0.2) is 38.1 Å². The van der Waals surface area contributed by atoms with E-state index < -0.39 is 5.54 Å². The number of benzene rings is 1. The Kier molecular flexibility index (Phi) is 6.10. The average Bonchev–Trinajstić information content (AvgIpc) is 3.18. The number of carbonyl (C=O) groups is 2. The van der Waals surface area contributed by atoms with Crippen LogP contribution in [0.15, 0.2) is 30.3 Å². The van der Waals surface area contributed by atoms with Crippen LogP contribution in [0.4, 0.5) is 0 Å². The Morgan fingerprint density at radius 1 is 1.19 bits per heavy atom. The quantitative estimate of drug-likeness (QED) is 0.725. The first-order valence-corrected chi connectivity index (χ1v) is 11.9. The van der Waals surface area contributed by atoms with Crippen molar-refractivity contribution in [3.63, 3.8) is 0 Å². The summed E-state index contributed by atoms with van der Waals surface area (Å²) >= 11 is 6.05. The minimum atomic E-state index is -1.04. The van der Waals surface area contributed by atoms with Crippen LogP contribution in [0, 0.1) is 0 Å². The van der Waals surface area contributed by atoms with Gasteiger partial charge in [0.05, 0.1) is 12.2 Å². The lowest BCUT2D eigenvalue weighted by molar-refractivity contribution is -0.134. The van der Waals surface area contributed by atoms with E-state index in [1.807, 2.05) is 37.3 Å². The van der Waals surface area contributed by atoms with E-state index in [2.05, 4.69) is 26.1 Å². The van der Waals surface area contributed by atoms with Crippen molar-refractivity contribution in [2.24, 2.45) is 0 Å². The highest BCUT2D eigenvalue weighted by Crippen LogP contribution is 2.32. The molecule has 2 amide bonds. The lowest BCUT2D eigenvalue weighted by atomic mass is 9.90. The zero-order chi connectivity index (χ0) is 23.1. The molecule has 0 saturated heterocycles. The number of carbonyl (C=O) groups excluding carboxylic acids is 2. The van der Waals surface area contributed by atoms with E-state index in [-0.39, 0.29) is 23.3 Å². The molecule has 1 atom stereocenters. The smallest absolute Gasteiger partial charge is 0.273 e. The number of fused-ring (bicyclic) bond motifs is 1. The highest BCUT2D eigenvalue weighted by molar-refractivity contribution is 6.30. The van der Waals surface area contributed by atoms with E-state index in [1.165, 1.54) is 6.42 Å². The summed E-state index contributed by atoms with van der Waals surface area (Å²) in [6, 6.07) is 9.47. The first kappa shape index (κ1) is 22.8. The maximum absolute atomic E-state index is 13.7. The van der Waals surface area contributed by atoms with Gasteiger partial charge in [0.15, 0.2) is 0 Å². The summed E-state index contributed by atoms with van der Waals surface area (Å²) in [6.45, 7) is 8.75. The minimum Gasteiger partial charge on any atom is -0.351 e. The fourth-order valence-electron chi connectivity index (χ4n) is 4.62. The molecule has 1 aromatic heterocycles. The highest BCUT2D eigenvalue weighted by Gasteiger charge is 2.48. The molecule has 1 saturated carbocycles. The van der Waals surface area contributed by atoms with E-state index in [0.717, 1.165) is 36.9 Å². The van der Waals surface area contributed by atoms with Gasteiger partial charge in [-0.2, -0.15) is 5.10 Å². The second-order valence-electron chi connectivity index (χ2n) is 10.4. The van der Waals surface area contributed by atoms with Crippen LogP contribution in [-0.2, 0) is 23.3 Å². The van der Waals surface area contributed by atoms with Crippen molar-refractivity contribution in [3.05, 3.63) is 52.3 Å². The number of aromatic nitrogens is 2. The van der Waals surface area contributed by atoms with E-state index in [0.29, 0.717) is 23.8 Å². The van der Waals surface area contributed by atoms with Crippen LogP contribution in [0.25, 0.3) is 0 Å². The number of halogens is 1. The third-order valence-corrected chi connectivity index (χ3v) is 7.00. The van der Waals surface area contributed by atoms with Gasteiger partial charge in [-0.05, 0) is 43.5 Å². The molecule has 4 rings (SSSR count). The maximum atomic E-state index is 13.7. The van der Waals surface area contributed by atoms with Crippen LogP contribution < -0.4 is 5.32 Å². The minimum absolute atomic E-state index is 0.106. The second-order valence-corrected chi connectivity index (χ2v) is 10.9. The molecule has 1 aliphatic carbocycles. The normalized spacial score (nSPS) is 22.0. The van der Waals surface area contributed by atoms with E-state index in [9.17, 15) is 9.59 Å². The number of hydrogen-bond acceptors (Lipinski definition) is 3. The van der Waals surface area contributed by atoms with Gasteiger partial charge in [0.25, 0.3) is 5.91 Å². The molecule has 2 aromatic rings. The molecule has 0 spiro atoms. The zero-order valence-corrected chi connectivity index (χ0v) is 20.2. The van der Waals surface area contributed by atoms with E-state index in [1.54, 1.807) is 9.58 Å². The Morgan fingerprint density at radius 3 is 2.47 bits per heavy atom. The van der Waals surface area contributed by atoms with Gasteiger partial charge in [-0.3, -0.25) is 14.3 Å². The SMILES string of the molecule is CC(C)(C)c1cc2n(n1)CC(C)(C(=O)NC1CCCCC1)N(Cc1ccc(Cl)cc1)C2=O. The summed E-state index contributed by atoms with van der Waals surface area (Å²) in [4.78, 5) is 29.0. The van der Waals surface area contributed by atoms with Crippen LogP contribution in [0.2, 0.25) is 5.02 Å². The summed E-state index contributed by atoms with van der Waals surface area (Å²) in [6.07, 6.45) is 5.47. The first-order valence-electron chi connectivity index (χ1n) is 11.5. The number of nitrogens with zero attached hydrogens (tertiary/aromatic N) is 3.